The Morgan fingerprint density at radius 1 is 1.11 bits per heavy atom. The average molecular weight is 412 g/mol. The summed E-state index contributed by atoms with van der Waals surface area (Å²) in [7, 11) is -4.60. The van der Waals surface area contributed by atoms with Crippen LogP contribution in [-0.2, 0) is 21.0 Å². The highest BCUT2D eigenvalue weighted by Crippen LogP contribution is 2.33. The van der Waals surface area contributed by atoms with Gasteiger partial charge < -0.3 is 4.98 Å². The van der Waals surface area contributed by atoms with E-state index in [0.29, 0.717) is 17.1 Å². The Bertz CT molecular complexity index is 1090. The van der Waals surface area contributed by atoms with Gasteiger partial charge in [-0.05, 0) is 31.2 Å². The maximum Gasteiger partial charge on any atom is 0.417 e. The number of nitrogens with one attached hydrogen (secondary N) is 3. The summed E-state index contributed by atoms with van der Waals surface area (Å²) in [5.41, 5.74) is -0.0670. The van der Waals surface area contributed by atoms with Crippen molar-refractivity contribution in [1.29, 1.82) is 0 Å². The summed E-state index contributed by atoms with van der Waals surface area (Å²) in [5.74, 6) is -0.694. The molecule has 3 rings (SSSR count). The van der Waals surface area contributed by atoms with Gasteiger partial charge in [0.05, 0.1) is 27.5 Å². The normalized spacial score (nSPS) is 13.4. The lowest BCUT2D eigenvalue weighted by Crippen LogP contribution is -2.42. The van der Waals surface area contributed by atoms with Crippen LogP contribution in [-0.4, -0.2) is 30.3 Å². The molecule has 148 valence electrons. The smallest absolute Gasteiger partial charge is 0.324 e. The first-order valence-corrected chi connectivity index (χ1v) is 9.50. The van der Waals surface area contributed by atoms with E-state index in [0.717, 1.165) is 12.1 Å². The highest BCUT2D eigenvalue weighted by atomic mass is 32.2. The van der Waals surface area contributed by atoms with Crippen molar-refractivity contribution in [3.05, 3.63) is 54.1 Å². The fraction of sp³-hybridized carbons (Fsp3) is 0.176. The van der Waals surface area contributed by atoms with Crippen LogP contribution in [0.1, 0.15) is 12.5 Å². The molecule has 0 unspecified atom stereocenters. The van der Waals surface area contributed by atoms with E-state index in [1.807, 2.05) is 4.72 Å². The standard InChI is InChI=1S/C17H15F3N4O3S/c1-10(15(25)23-16-21-12-7-3-4-8-13(12)22-16)24-28(26,27)14-9-5-2-6-11(14)17(18,19)20/h2-10,24H,1H3,(H2,21,22,23,25)/t10-/m0/s1. The number of para-hydroxylation sites is 2. The number of nitrogens with zero attached hydrogens (tertiary/aromatic N) is 1. The summed E-state index contributed by atoms with van der Waals surface area (Å²) in [5, 5.41) is 2.40. The largest absolute Gasteiger partial charge is 0.417 e. The molecule has 1 atom stereocenters. The van der Waals surface area contributed by atoms with Crippen LogP contribution in [0.5, 0.6) is 0 Å². The number of anilines is 1. The molecule has 11 heteroatoms. The summed E-state index contributed by atoms with van der Waals surface area (Å²) in [6.07, 6.45) is -4.86. The molecule has 0 saturated heterocycles. The van der Waals surface area contributed by atoms with Crippen molar-refractivity contribution < 1.29 is 26.4 Å². The number of carbonyl (C=O) groups is 1. The van der Waals surface area contributed by atoms with E-state index >= 15 is 0 Å². The van der Waals surface area contributed by atoms with E-state index in [-0.39, 0.29) is 5.95 Å². The number of imidazole rings is 1. The van der Waals surface area contributed by atoms with E-state index in [2.05, 4.69) is 15.3 Å². The quantitative estimate of drug-likeness (QED) is 0.599. The van der Waals surface area contributed by atoms with Gasteiger partial charge in [0.1, 0.15) is 0 Å². The second-order valence-corrected chi connectivity index (χ2v) is 7.61. The molecule has 7 nitrogen and oxygen atoms in total. The number of alkyl halides is 3. The number of hydrogen-bond acceptors (Lipinski definition) is 4. The average Bonchev–Trinajstić information content (AvgIpc) is 3.02. The first-order valence-electron chi connectivity index (χ1n) is 8.02. The number of aromatic amines is 1. The first kappa shape index (κ1) is 19.8. The van der Waals surface area contributed by atoms with Crippen molar-refractivity contribution in [3.8, 4) is 0 Å². The molecule has 1 amide bonds. The third-order valence-corrected chi connectivity index (χ3v) is 5.44. The summed E-state index contributed by atoms with van der Waals surface area (Å²) < 4.78 is 66.0. The van der Waals surface area contributed by atoms with E-state index in [1.54, 1.807) is 24.3 Å². The zero-order chi connectivity index (χ0) is 20.5. The zero-order valence-corrected chi connectivity index (χ0v) is 15.2. The van der Waals surface area contributed by atoms with Crippen LogP contribution in [0.15, 0.2) is 53.4 Å². The number of fused-ring (bicyclic) bond motifs is 1. The second-order valence-electron chi connectivity index (χ2n) is 5.93. The minimum atomic E-state index is -4.86. The van der Waals surface area contributed by atoms with Crippen LogP contribution in [0, 0.1) is 0 Å². The third kappa shape index (κ3) is 4.15. The molecule has 3 aromatic rings. The van der Waals surface area contributed by atoms with Gasteiger partial charge >= 0.3 is 6.18 Å². The molecule has 0 aliphatic heterocycles. The summed E-state index contributed by atoms with van der Waals surface area (Å²) in [4.78, 5) is 18.3. The van der Waals surface area contributed by atoms with Gasteiger partial charge in [-0.3, -0.25) is 10.1 Å². The second kappa shape index (κ2) is 7.24. The number of carbonyl (C=O) groups excluding carboxylic acids is 1. The number of H-pyrrole nitrogens is 1. The SMILES string of the molecule is C[C@H](NS(=O)(=O)c1ccccc1C(F)(F)F)C(=O)Nc1nc2ccccc2[nH]1. The summed E-state index contributed by atoms with van der Waals surface area (Å²) in [6, 6.07) is 9.36. The van der Waals surface area contributed by atoms with Crippen molar-refractivity contribution in [2.75, 3.05) is 5.32 Å². The maximum absolute atomic E-state index is 13.1. The van der Waals surface area contributed by atoms with Gasteiger partial charge in [0.2, 0.25) is 21.9 Å². The predicted octanol–water partition coefficient (Wildman–Crippen LogP) is 2.89. The van der Waals surface area contributed by atoms with E-state index < -0.39 is 38.6 Å². The molecule has 0 spiro atoms. The van der Waals surface area contributed by atoms with E-state index in [9.17, 15) is 26.4 Å². The third-order valence-electron chi connectivity index (χ3n) is 3.84. The van der Waals surface area contributed by atoms with Crippen molar-refractivity contribution in [2.45, 2.75) is 24.0 Å². The highest BCUT2D eigenvalue weighted by molar-refractivity contribution is 7.89. The summed E-state index contributed by atoms with van der Waals surface area (Å²) in [6.45, 7) is 1.21. The van der Waals surface area contributed by atoms with Crippen LogP contribution in [0.25, 0.3) is 11.0 Å². The molecule has 0 aliphatic carbocycles. The van der Waals surface area contributed by atoms with Crippen molar-refractivity contribution in [1.82, 2.24) is 14.7 Å². The number of hydrogen-bond donors (Lipinski definition) is 3. The van der Waals surface area contributed by atoms with Gasteiger partial charge in [-0.1, -0.05) is 24.3 Å². The Morgan fingerprint density at radius 2 is 1.75 bits per heavy atom. The minimum absolute atomic E-state index is 0.0907. The van der Waals surface area contributed by atoms with Gasteiger partial charge in [-0.2, -0.15) is 17.9 Å². The lowest BCUT2D eigenvalue weighted by atomic mass is 10.2. The highest BCUT2D eigenvalue weighted by Gasteiger charge is 2.37. The molecule has 0 radical (unpaired) electrons. The number of rotatable bonds is 5. The molecule has 0 fully saturated rings. The van der Waals surface area contributed by atoms with E-state index in [4.69, 9.17) is 0 Å². The van der Waals surface area contributed by atoms with Crippen LogP contribution in [0.2, 0.25) is 0 Å². The van der Waals surface area contributed by atoms with Crippen LogP contribution in [0.3, 0.4) is 0 Å². The molecule has 3 N–H and O–H groups in total. The Labute approximate surface area is 158 Å². The molecule has 0 bridgehead atoms. The maximum atomic E-state index is 13.1. The monoisotopic (exact) mass is 412 g/mol. The van der Waals surface area contributed by atoms with Crippen LogP contribution >= 0.6 is 0 Å². The van der Waals surface area contributed by atoms with Crippen molar-refractivity contribution in [2.24, 2.45) is 0 Å². The Kier molecular flexibility index (Phi) is 5.13. The van der Waals surface area contributed by atoms with Crippen molar-refractivity contribution in [3.63, 3.8) is 0 Å². The number of sulfonamides is 1. The molecule has 2 aromatic carbocycles. The van der Waals surface area contributed by atoms with Crippen molar-refractivity contribution >= 4 is 32.9 Å². The molecular formula is C17H15F3N4O3S. The number of amides is 1. The Morgan fingerprint density at radius 3 is 2.43 bits per heavy atom. The van der Waals surface area contributed by atoms with Crippen LogP contribution < -0.4 is 10.0 Å². The van der Waals surface area contributed by atoms with Gasteiger partial charge in [-0.25, -0.2) is 13.4 Å². The van der Waals surface area contributed by atoms with Crippen LogP contribution in [0.4, 0.5) is 19.1 Å². The van der Waals surface area contributed by atoms with Gasteiger partial charge in [0, 0.05) is 0 Å². The van der Waals surface area contributed by atoms with Gasteiger partial charge in [0.15, 0.2) is 0 Å². The van der Waals surface area contributed by atoms with Gasteiger partial charge in [0.25, 0.3) is 0 Å². The first-order chi connectivity index (χ1) is 13.1. The molecule has 0 saturated carbocycles. The fourth-order valence-corrected chi connectivity index (χ4v) is 3.95. The topological polar surface area (TPSA) is 104 Å². The van der Waals surface area contributed by atoms with Gasteiger partial charge in [-0.15, -0.1) is 0 Å². The molecule has 0 aliphatic rings. The zero-order valence-electron chi connectivity index (χ0n) is 14.4. The number of halogens is 3. The molecule has 1 aromatic heterocycles. The minimum Gasteiger partial charge on any atom is -0.324 e. The lowest BCUT2D eigenvalue weighted by molar-refractivity contribution is -0.139. The lowest BCUT2D eigenvalue weighted by Gasteiger charge is -2.16. The predicted molar refractivity (Wildman–Crippen MR) is 96.0 cm³/mol. The Balaban J connectivity index is 1.78. The Hall–Kier alpha value is -2.92. The number of benzene rings is 2. The molecular weight excluding hydrogens is 397 g/mol. The summed E-state index contributed by atoms with van der Waals surface area (Å²) >= 11 is 0. The van der Waals surface area contributed by atoms with E-state index in [1.165, 1.54) is 13.0 Å². The fourth-order valence-electron chi connectivity index (χ4n) is 2.52. The molecule has 28 heavy (non-hydrogen) atoms. The molecule has 1 heterocycles. The number of aromatic nitrogens is 2.